The van der Waals surface area contributed by atoms with E-state index >= 15 is 0 Å². The summed E-state index contributed by atoms with van der Waals surface area (Å²) in [4.78, 5) is 11.7. The lowest BCUT2D eigenvalue weighted by atomic mass is 10.1. The summed E-state index contributed by atoms with van der Waals surface area (Å²) in [5.41, 5.74) is 6.13. The summed E-state index contributed by atoms with van der Waals surface area (Å²) < 4.78 is 22.8. The van der Waals surface area contributed by atoms with Crippen LogP contribution in [0.15, 0.2) is 27.6 Å². The van der Waals surface area contributed by atoms with E-state index in [4.69, 9.17) is 10.9 Å². The molecule has 0 aromatic heterocycles. The second kappa shape index (κ2) is 6.47. The number of hydrogen-bond acceptors (Lipinski definition) is 4. The molecule has 0 spiro atoms. The van der Waals surface area contributed by atoms with E-state index in [9.17, 15) is 13.2 Å². The highest BCUT2D eigenvalue weighted by Crippen LogP contribution is 2.25. The summed E-state index contributed by atoms with van der Waals surface area (Å²) in [5.74, 6) is -0.314. The Morgan fingerprint density at radius 1 is 1.47 bits per heavy atom. The number of sulfonamides is 1. The van der Waals surface area contributed by atoms with Crippen molar-refractivity contribution in [3.8, 4) is 0 Å². The Morgan fingerprint density at radius 3 is 2.58 bits per heavy atom. The second-order valence-corrected chi connectivity index (χ2v) is 6.49. The number of carbonyl (C=O) groups excluding carboxylic acids is 1. The Balaban J connectivity index is 2.90. The summed E-state index contributed by atoms with van der Waals surface area (Å²) in [5, 5.41) is 7.64. The van der Waals surface area contributed by atoms with Gasteiger partial charge in [-0.3, -0.25) is 4.79 Å². The maximum absolute atomic E-state index is 11.7. The van der Waals surface area contributed by atoms with Crippen LogP contribution < -0.4 is 16.2 Å². The van der Waals surface area contributed by atoms with Crippen molar-refractivity contribution in [3.63, 3.8) is 0 Å². The molecule has 6 nitrogen and oxygen atoms in total. The van der Waals surface area contributed by atoms with Crippen LogP contribution in [-0.4, -0.2) is 20.4 Å². The lowest BCUT2D eigenvalue weighted by molar-refractivity contribution is -0.117. The summed E-state index contributed by atoms with van der Waals surface area (Å²) in [6.45, 7) is 1.93. The van der Waals surface area contributed by atoms with Crippen LogP contribution in [0.1, 0.15) is 19.8 Å². The van der Waals surface area contributed by atoms with Gasteiger partial charge in [-0.2, -0.15) is 0 Å². The third kappa shape index (κ3) is 4.57. The van der Waals surface area contributed by atoms with E-state index < -0.39 is 16.1 Å². The number of rotatable bonds is 5. The van der Waals surface area contributed by atoms with Gasteiger partial charge >= 0.3 is 0 Å². The Labute approximate surface area is 120 Å². The minimum absolute atomic E-state index is 0.0322. The summed E-state index contributed by atoms with van der Waals surface area (Å²) in [6, 6.07) is 3.52. The molecule has 8 heteroatoms. The first-order chi connectivity index (χ1) is 8.75. The van der Waals surface area contributed by atoms with Gasteiger partial charge in [-0.15, -0.1) is 0 Å². The van der Waals surface area contributed by atoms with Crippen LogP contribution in [-0.2, 0) is 14.8 Å². The zero-order valence-electron chi connectivity index (χ0n) is 10.4. The fraction of sp³-hybridized carbons (Fsp3) is 0.364. The SMILES string of the molecule is CCC[C@@H](N)C(=O)Nc1ccc(S(N)(=O)=O)cc1Br. The lowest BCUT2D eigenvalue weighted by Gasteiger charge is -2.12. The Morgan fingerprint density at radius 2 is 2.11 bits per heavy atom. The van der Waals surface area contributed by atoms with E-state index in [0.717, 1.165) is 6.42 Å². The number of hydrogen-bond donors (Lipinski definition) is 3. The Kier molecular flexibility index (Phi) is 5.48. The predicted octanol–water partition coefficient (Wildman–Crippen LogP) is 1.16. The van der Waals surface area contributed by atoms with Gasteiger partial charge in [0.25, 0.3) is 0 Å². The van der Waals surface area contributed by atoms with Gasteiger partial charge in [0.2, 0.25) is 15.9 Å². The summed E-state index contributed by atoms with van der Waals surface area (Å²) in [7, 11) is -3.76. The highest BCUT2D eigenvalue weighted by Gasteiger charge is 2.15. The van der Waals surface area contributed by atoms with Gasteiger partial charge in [-0.25, -0.2) is 13.6 Å². The number of amides is 1. The molecule has 19 heavy (non-hydrogen) atoms. The third-order valence-electron chi connectivity index (χ3n) is 2.46. The Bertz CT molecular complexity index is 575. The number of halogens is 1. The van der Waals surface area contributed by atoms with Crippen molar-refractivity contribution in [1.82, 2.24) is 0 Å². The van der Waals surface area contributed by atoms with Crippen LogP contribution in [0.25, 0.3) is 0 Å². The topological polar surface area (TPSA) is 115 Å². The second-order valence-electron chi connectivity index (χ2n) is 4.07. The molecular weight excluding hydrogens is 334 g/mol. The molecule has 106 valence electrons. The first-order valence-electron chi connectivity index (χ1n) is 5.64. The van der Waals surface area contributed by atoms with Crippen molar-refractivity contribution in [3.05, 3.63) is 22.7 Å². The molecule has 0 heterocycles. The van der Waals surface area contributed by atoms with Crippen LogP contribution in [0.2, 0.25) is 0 Å². The molecule has 0 fully saturated rings. The molecule has 0 unspecified atom stereocenters. The minimum Gasteiger partial charge on any atom is -0.324 e. The fourth-order valence-electron chi connectivity index (χ4n) is 1.44. The molecule has 1 atom stereocenters. The van der Waals surface area contributed by atoms with Crippen molar-refractivity contribution < 1.29 is 13.2 Å². The molecule has 1 aromatic rings. The standard InChI is InChI=1S/C11H16BrN3O3S/c1-2-3-9(13)11(16)15-10-5-4-7(6-8(10)12)19(14,17)18/h4-6,9H,2-3,13H2,1H3,(H,15,16)(H2,14,17,18)/t9-/m1/s1. The predicted molar refractivity (Wildman–Crippen MR) is 77.0 cm³/mol. The van der Waals surface area contributed by atoms with Gasteiger partial charge in [0, 0.05) is 4.47 Å². The smallest absolute Gasteiger partial charge is 0.241 e. The highest BCUT2D eigenvalue weighted by atomic mass is 79.9. The van der Waals surface area contributed by atoms with Crippen molar-refractivity contribution in [1.29, 1.82) is 0 Å². The average Bonchev–Trinajstić information content (AvgIpc) is 2.30. The fourth-order valence-corrected chi connectivity index (χ4v) is 2.61. The monoisotopic (exact) mass is 349 g/mol. The third-order valence-corrected chi connectivity index (χ3v) is 4.03. The van der Waals surface area contributed by atoms with Crippen molar-refractivity contribution in [2.45, 2.75) is 30.7 Å². The van der Waals surface area contributed by atoms with Crippen molar-refractivity contribution >= 4 is 37.5 Å². The van der Waals surface area contributed by atoms with Gasteiger partial charge in [0.15, 0.2) is 0 Å². The molecular formula is C11H16BrN3O3S. The van der Waals surface area contributed by atoms with E-state index in [1.165, 1.54) is 18.2 Å². The number of anilines is 1. The van der Waals surface area contributed by atoms with Crippen molar-refractivity contribution in [2.75, 3.05) is 5.32 Å². The van der Waals surface area contributed by atoms with Gasteiger partial charge in [0.1, 0.15) is 0 Å². The molecule has 0 aliphatic carbocycles. The van der Waals surface area contributed by atoms with Crippen LogP contribution in [0.4, 0.5) is 5.69 Å². The molecule has 1 amide bonds. The quantitative estimate of drug-likeness (QED) is 0.739. The highest BCUT2D eigenvalue weighted by molar-refractivity contribution is 9.10. The number of primary sulfonamides is 1. The van der Waals surface area contributed by atoms with Gasteiger partial charge in [-0.1, -0.05) is 13.3 Å². The van der Waals surface area contributed by atoms with Crippen LogP contribution in [0, 0.1) is 0 Å². The molecule has 5 N–H and O–H groups in total. The average molecular weight is 350 g/mol. The van der Waals surface area contributed by atoms with Gasteiger partial charge in [0.05, 0.1) is 16.6 Å². The molecule has 0 saturated heterocycles. The number of nitrogens with one attached hydrogen (secondary N) is 1. The minimum atomic E-state index is -3.76. The largest absolute Gasteiger partial charge is 0.324 e. The normalized spacial score (nSPS) is 13.1. The molecule has 1 aromatic carbocycles. The van der Waals surface area contributed by atoms with Crippen LogP contribution in [0.3, 0.4) is 0 Å². The zero-order valence-corrected chi connectivity index (χ0v) is 12.8. The maximum Gasteiger partial charge on any atom is 0.241 e. The van der Waals surface area contributed by atoms with Crippen LogP contribution in [0.5, 0.6) is 0 Å². The summed E-state index contributed by atoms with van der Waals surface area (Å²) >= 11 is 3.18. The molecule has 0 bridgehead atoms. The van der Waals surface area contributed by atoms with E-state index in [1.54, 1.807) is 0 Å². The van der Waals surface area contributed by atoms with E-state index in [1.807, 2.05) is 6.92 Å². The molecule has 0 aliphatic rings. The van der Waals surface area contributed by atoms with E-state index in [-0.39, 0.29) is 10.8 Å². The van der Waals surface area contributed by atoms with Crippen molar-refractivity contribution in [2.24, 2.45) is 10.9 Å². The molecule has 0 aliphatic heterocycles. The van der Waals surface area contributed by atoms with Gasteiger partial charge < -0.3 is 11.1 Å². The first kappa shape index (κ1) is 16.1. The zero-order chi connectivity index (χ0) is 14.6. The van der Waals surface area contributed by atoms with E-state index in [2.05, 4.69) is 21.2 Å². The Hall–Kier alpha value is -0.960. The van der Waals surface area contributed by atoms with Gasteiger partial charge in [-0.05, 0) is 40.5 Å². The molecule has 1 rings (SSSR count). The first-order valence-corrected chi connectivity index (χ1v) is 7.98. The van der Waals surface area contributed by atoms with E-state index in [0.29, 0.717) is 16.6 Å². The molecule has 0 radical (unpaired) electrons. The lowest BCUT2D eigenvalue weighted by Crippen LogP contribution is -2.35. The number of benzene rings is 1. The summed E-state index contributed by atoms with van der Waals surface area (Å²) in [6.07, 6.45) is 1.39. The number of carbonyl (C=O) groups is 1. The maximum atomic E-state index is 11.7. The van der Waals surface area contributed by atoms with Crippen LogP contribution >= 0.6 is 15.9 Å². The number of nitrogens with two attached hydrogens (primary N) is 2. The molecule has 0 saturated carbocycles.